The Hall–Kier alpha value is -3.80. The summed E-state index contributed by atoms with van der Waals surface area (Å²) in [4.78, 5) is 13.0. The molecule has 36 heavy (non-hydrogen) atoms. The lowest BCUT2D eigenvalue weighted by atomic mass is 10.1. The Balaban J connectivity index is 0.000000556. The minimum Gasteiger partial charge on any atom is -0.497 e. The van der Waals surface area contributed by atoms with E-state index in [1.807, 2.05) is 59.8 Å². The fourth-order valence-electron chi connectivity index (χ4n) is 4.18. The molecule has 0 radical (unpaired) electrons. The fraction of sp³-hybridized carbons (Fsp3) is 0.160. The molecular formula is C25H23ClN4O6. The zero-order valence-corrected chi connectivity index (χ0v) is 19.9. The average molecular weight is 511 g/mol. The van der Waals surface area contributed by atoms with E-state index in [2.05, 4.69) is 27.1 Å². The largest absolute Gasteiger partial charge is 0.497 e. The van der Waals surface area contributed by atoms with Crippen LogP contribution >= 0.6 is 0 Å². The Morgan fingerprint density at radius 1 is 1.00 bits per heavy atom. The van der Waals surface area contributed by atoms with Crippen molar-refractivity contribution in [3.63, 3.8) is 0 Å². The summed E-state index contributed by atoms with van der Waals surface area (Å²) < 4.78 is 43.1. The number of para-hydroxylation sites is 1. The molecule has 0 fully saturated rings. The van der Waals surface area contributed by atoms with Crippen LogP contribution in [0.4, 0.5) is 0 Å². The first-order valence-corrected chi connectivity index (χ1v) is 12.1. The van der Waals surface area contributed by atoms with Crippen LogP contribution in [-0.4, -0.2) is 22.8 Å². The number of carbonyl (C=O) groups is 1. The maximum absolute atomic E-state index is 13.0. The van der Waals surface area contributed by atoms with Crippen LogP contribution in [0.1, 0.15) is 33.6 Å². The fourth-order valence-corrected chi connectivity index (χ4v) is 4.18. The molecule has 1 amide bonds. The van der Waals surface area contributed by atoms with Gasteiger partial charge in [0, 0.05) is 17.1 Å². The summed E-state index contributed by atoms with van der Waals surface area (Å²) in [6.45, 7) is 0. The molecule has 2 atom stereocenters. The number of aromatic nitrogens is 3. The van der Waals surface area contributed by atoms with Gasteiger partial charge < -0.3 is 10.1 Å². The topological polar surface area (TPSA) is 152 Å². The first-order chi connectivity index (χ1) is 17.2. The Labute approximate surface area is 209 Å². The highest BCUT2D eigenvalue weighted by Crippen LogP contribution is 2.36. The number of hydrogen-bond acceptors (Lipinski definition) is 7. The van der Waals surface area contributed by atoms with Crippen molar-refractivity contribution in [2.24, 2.45) is 0 Å². The molecule has 1 N–H and O–H groups in total. The van der Waals surface area contributed by atoms with Crippen LogP contribution in [0.25, 0.3) is 5.69 Å². The van der Waals surface area contributed by atoms with Crippen molar-refractivity contribution in [2.75, 3.05) is 7.11 Å². The van der Waals surface area contributed by atoms with Crippen molar-refractivity contribution in [3.05, 3.63) is 108 Å². The molecule has 0 spiro atoms. The van der Waals surface area contributed by atoms with Gasteiger partial charge in [-0.15, -0.1) is 10.2 Å². The van der Waals surface area contributed by atoms with Crippen LogP contribution in [0.2, 0.25) is 0 Å². The minimum absolute atomic E-state index is 0.0389. The predicted molar refractivity (Wildman–Crippen MR) is 116 cm³/mol. The summed E-state index contributed by atoms with van der Waals surface area (Å²) in [6.07, 6.45) is 4.64. The van der Waals surface area contributed by atoms with Gasteiger partial charge in [0.2, 0.25) is 6.33 Å². The van der Waals surface area contributed by atoms with E-state index in [9.17, 15) is 4.79 Å². The lowest BCUT2D eigenvalue weighted by Crippen LogP contribution is -2.68. The van der Waals surface area contributed by atoms with Gasteiger partial charge in [-0.25, -0.2) is 23.2 Å². The van der Waals surface area contributed by atoms with Crippen molar-refractivity contribution < 1.29 is 43.0 Å². The molecule has 11 heteroatoms. The normalized spacial score (nSPS) is 16.5. The molecule has 0 saturated carbocycles. The summed E-state index contributed by atoms with van der Waals surface area (Å²) in [7, 11) is -3.33. The second-order valence-electron chi connectivity index (χ2n) is 8.00. The van der Waals surface area contributed by atoms with Crippen molar-refractivity contribution in [1.82, 2.24) is 15.1 Å². The molecule has 10 nitrogen and oxygen atoms in total. The standard InChI is InChI=1S/C25H22N4O2.ClHO4/c1-31-21-13-11-18(12-14-21)25(30)27-24-22-10-6-5-7-19(22)15-23(24)28-16-26-29(17-28)20-8-3-2-4-9-20;2-1(3,4)5/h2-14,16-17,23-24H,15H2,1H3;(H,2,3,4,5)/t23-,24-;/m1./s1. The zero-order chi connectivity index (χ0) is 25.7. The quantitative estimate of drug-likeness (QED) is 0.327. The number of methoxy groups -OCH3 is 1. The summed E-state index contributed by atoms with van der Waals surface area (Å²) in [5.74, 6) is 0.620. The molecule has 0 aliphatic heterocycles. The van der Waals surface area contributed by atoms with Crippen LogP contribution in [-0.2, 0) is 6.42 Å². The number of nitrogens with one attached hydrogen (secondary N) is 1. The molecule has 186 valence electrons. The van der Waals surface area contributed by atoms with Crippen molar-refractivity contribution >= 4 is 5.91 Å². The van der Waals surface area contributed by atoms with Crippen LogP contribution < -0.4 is 33.3 Å². The molecule has 0 saturated heterocycles. The molecule has 1 heterocycles. The van der Waals surface area contributed by atoms with Gasteiger partial charge in [0.25, 0.3) is 12.2 Å². The number of rotatable bonds is 5. The summed E-state index contributed by atoms with van der Waals surface area (Å²) in [6, 6.07) is 25.3. The zero-order valence-electron chi connectivity index (χ0n) is 19.2. The maximum atomic E-state index is 13.0. The first kappa shape index (κ1) is 25.3. The van der Waals surface area contributed by atoms with Gasteiger partial charge in [-0.05, 0) is 47.5 Å². The van der Waals surface area contributed by atoms with Crippen LogP contribution in [0.15, 0.2) is 91.5 Å². The van der Waals surface area contributed by atoms with Gasteiger partial charge >= 0.3 is 0 Å². The van der Waals surface area contributed by atoms with Crippen LogP contribution in [0.3, 0.4) is 0 Å². The maximum Gasteiger partial charge on any atom is 0.265 e. The van der Waals surface area contributed by atoms with Gasteiger partial charge in [0.15, 0.2) is 0 Å². The SMILES string of the molecule is COc1ccc(C(=O)N[C@@H]2c3ccccc3C[C@H]2[n+]2cnn(-c3ccccc3)c2)cc1.[O-][Cl+3]([O-])([O-])[O-]. The van der Waals surface area contributed by atoms with E-state index < -0.39 is 10.2 Å². The Bertz CT molecular complexity index is 1300. The first-order valence-electron chi connectivity index (χ1n) is 10.9. The second-order valence-corrected chi connectivity index (χ2v) is 8.76. The predicted octanol–water partition coefficient (Wildman–Crippen LogP) is -1.32. The molecule has 1 aliphatic carbocycles. The molecule has 5 rings (SSSR count). The molecule has 1 aliphatic rings. The van der Waals surface area contributed by atoms with Crippen molar-refractivity contribution in [3.8, 4) is 11.4 Å². The lowest BCUT2D eigenvalue weighted by molar-refractivity contribution is -2.00. The highest BCUT2D eigenvalue weighted by atomic mass is 35.7. The number of amides is 1. The molecule has 1 aromatic heterocycles. The van der Waals surface area contributed by atoms with E-state index in [0.29, 0.717) is 5.56 Å². The number of hydrogen-bond donors (Lipinski definition) is 1. The third kappa shape index (κ3) is 6.25. The van der Waals surface area contributed by atoms with E-state index in [1.54, 1.807) is 31.4 Å². The number of benzene rings is 3. The van der Waals surface area contributed by atoms with Gasteiger partial charge in [0.05, 0.1) is 13.2 Å². The second kappa shape index (κ2) is 10.9. The smallest absolute Gasteiger partial charge is 0.265 e. The average Bonchev–Trinajstić information content (AvgIpc) is 3.49. The number of halogens is 1. The number of carbonyl (C=O) groups excluding carboxylic acids is 1. The lowest BCUT2D eigenvalue weighted by Gasteiger charge is -2.20. The molecule has 0 unspecified atom stereocenters. The number of fused-ring (bicyclic) bond motifs is 1. The monoisotopic (exact) mass is 510 g/mol. The van der Waals surface area contributed by atoms with Gasteiger partial charge in [-0.2, -0.15) is 0 Å². The Morgan fingerprint density at radius 2 is 1.64 bits per heavy atom. The number of ether oxygens (including phenoxy) is 1. The van der Waals surface area contributed by atoms with Crippen molar-refractivity contribution in [1.29, 1.82) is 0 Å². The van der Waals surface area contributed by atoms with E-state index in [-0.39, 0.29) is 18.0 Å². The van der Waals surface area contributed by atoms with Gasteiger partial charge in [-0.1, -0.05) is 47.1 Å². The van der Waals surface area contributed by atoms with E-state index >= 15 is 0 Å². The molecule has 4 aromatic rings. The molecule has 0 bridgehead atoms. The summed E-state index contributed by atoms with van der Waals surface area (Å²) in [5, 5.41) is 7.79. The van der Waals surface area contributed by atoms with Gasteiger partial charge in [-0.3, -0.25) is 4.79 Å². The van der Waals surface area contributed by atoms with E-state index in [1.165, 1.54) is 5.56 Å². The third-order valence-electron chi connectivity index (χ3n) is 5.80. The highest BCUT2D eigenvalue weighted by Gasteiger charge is 2.37. The van der Waals surface area contributed by atoms with Crippen LogP contribution in [0.5, 0.6) is 5.75 Å². The highest BCUT2D eigenvalue weighted by molar-refractivity contribution is 5.94. The van der Waals surface area contributed by atoms with Crippen molar-refractivity contribution in [2.45, 2.75) is 18.5 Å². The molecule has 3 aromatic carbocycles. The Kier molecular flexibility index (Phi) is 7.63. The Morgan fingerprint density at radius 3 is 2.31 bits per heavy atom. The number of nitrogens with zero attached hydrogens (tertiary/aromatic N) is 3. The molecular weight excluding hydrogens is 488 g/mol. The van der Waals surface area contributed by atoms with Gasteiger partial charge in [0.1, 0.15) is 17.5 Å². The minimum atomic E-state index is -4.94. The van der Waals surface area contributed by atoms with E-state index in [0.717, 1.165) is 23.4 Å². The van der Waals surface area contributed by atoms with E-state index in [4.69, 9.17) is 23.4 Å². The van der Waals surface area contributed by atoms with Crippen LogP contribution in [0, 0.1) is 10.2 Å². The summed E-state index contributed by atoms with van der Waals surface area (Å²) in [5.41, 5.74) is 3.99. The third-order valence-corrected chi connectivity index (χ3v) is 5.80. The summed E-state index contributed by atoms with van der Waals surface area (Å²) >= 11 is 0.